The van der Waals surface area contributed by atoms with Crippen LogP contribution in [0.15, 0.2) is 4.52 Å². The first kappa shape index (κ1) is 11.5. The summed E-state index contributed by atoms with van der Waals surface area (Å²) in [6.45, 7) is 3.16. The molecule has 0 aromatic carbocycles. The van der Waals surface area contributed by atoms with Crippen LogP contribution in [0, 0.1) is 0 Å². The van der Waals surface area contributed by atoms with Crippen molar-refractivity contribution in [3.63, 3.8) is 0 Å². The molecule has 1 aromatic rings. The van der Waals surface area contributed by atoms with Gasteiger partial charge in [0.25, 0.3) is 0 Å². The Labute approximate surface area is 104 Å². The number of aromatic nitrogens is 2. The van der Waals surface area contributed by atoms with Crippen molar-refractivity contribution in [1.82, 2.24) is 10.1 Å². The summed E-state index contributed by atoms with van der Waals surface area (Å²) >= 11 is 1.90. The van der Waals surface area contributed by atoms with Crippen molar-refractivity contribution in [3.8, 4) is 0 Å². The first-order valence-corrected chi connectivity index (χ1v) is 7.04. The van der Waals surface area contributed by atoms with E-state index in [9.17, 15) is 0 Å². The van der Waals surface area contributed by atoms with Crippen molar-refractivity contribution in [2.45, 2.75) is 36.5 Å². The zero-order chi connectivity index (χ0) is 11.9. The molecule has 0 aliphatic carbocycles. The largest absolute Gasteiger partial charge is 0.379 e. The number of nitrogens with two attached hydrogens (primary N) is 1. The molecule has 17 heavy (non-hydrogen) atoms. The van der Waals surface area contributed by atoms with E-state index in [4.69, 9.17) is 15.0 Å². The SMILES string of the molecule is CC1(c2nc(C3CCCS3)no2)COCC1N. The molecule has 2 fully saturated rings. The van der Waals surface area contributed by atoms with Crippen molar-refractivity contribution in [2.75, 3.05) is 19.0 Å². The third-order valence-corrected chi connectivity index (χ3v) is 5.04. The summed E-state index contributed by atoms with van der Waals surface area (Å²) < 4.78 is 10.8. The minimum Gasteiger partial charge on any atom is -0.379 e. The van der Waals surface area contributed by atoms with Gasteiger partial charge in [-0.05, 0) is 25.5 Å². The zero-order valence-electron chi connectivity index (χ0n) is 9.89. The molecule has 0 amide bonds. The predicted molar refractivity (Wildman–Crippen MR) is 64.9 cm³/mol. The lowest BCUT2D eigenvalue weighted by Crippen LogP contribution is -2.42. The van der Waals surface area contributed by atoms with E-state index in [0.29, 0.717) is 24.4 Å². The van der Waals surface area contributed by atoms with Crippen molar-refractivity contribution < 1.29 is 9.26 Å². The Bertz CT molecular complexity index is 405. The second-order valence-electron chi connectivity index (χ2n) is 5.00. The molecular weight excluding hydrogens is 238 g/mol. The zero-order valence-corrected chi connectivity index (χ0v) is 10.7. The number of hydrogen-bond donors (Lipinski definition) is 1. The summed E-state index contributed by atoms with van der Waals surface area (Å²) in [5, 5.41) is 4.50. The number of nitrogens with zero attached hydrogens (tertiary/aromatic N) is 2. The van der Waals surface area contributed by atoms with Gasteiger partial charge in [0.2, 0.25) is 5.89 Å². The molecular formula is C11H17N3O2S. The summed E-state index contributed by atoms with van der Waals surface area (Å²) in [4.78, 5) is 4.54. The van der Waals surface area contributed by atoms with Crippen LogP contribution in [0.5, 0.6) is 0 Å². The average Bonchev–Trinajstić information content (AvgIpc) is 3.01. The van der Waals surface area contributed by atoms with Gasteiger partial charge in [-0.1, -0.05) is 5.16 Å². The maximum absolute atomic E-state index is 6.05. The van der Waals surface area contributed by atoms with Crippen LogP contribution in [0.2, 0.25) is 0 Å². The van der Waals surface area contributed by atoms with E-state index >= 15 is 0 Å². The molecule has 6 heteroatoms. The fraction of sp³-hybridized carbons (Fsp3) is 0.818. The van der Waals surface area contributed by atoms with Crippen LogP contribution < -0.4 is 5.73 Å². The highest BCUT2D eigenvalue weighted by atomic mass is 32.2. The quantitative estimate of drug-likeness (QED) is 0.857. The van der Waals surface area contributed by atoms with Crippen LogP contribution in [0.1, 0.15) is 36.7 Å². The Balaban J connectivity index is 1.84. The fourth-order valence-corrected chi connectivity index (χ4v) is 3.48. The highest BCUT2D eigenvalue weighted by molar-refractivity contribution is 7.99. The maximum atomic E-state index is 6.05. The molecule has 94 valence electrons. The van der Waals surface area contributed by atoms with Crippen molar-refractivity contribution in [3.05, 3.63) is 11.7 Å². The lowest BCUT2D eigenvalue weighted by atomic mass is 9.86. The standard InChI is InChI=1S/C11H17N3O2S/c1-11(6-15-5-8(11)12)10-13-9(14-16-10)7-3-2-4-17-7/h7-8H,2-6,12H2,1H3. The predicted octanol–water partition coefficient (Wildman–Crippen LogP) is 1.25. The van der Waals surface area contributed by atoms with E-state index in [0.717, 1.165) is 12.2 Å². The summed E-state index contributed by atoms with van der Waals surface area (Å²) in [6, 6.07) is -0.0629. The lowest BCUT2D eigenvalue weighted by Gasteiger charge is -2.21. The topological polar surface area (TPSA) is 74.2 Å². The van der Waals surface area contributed by atoms with Crippen LogP contribution in [0.4, 0.5) is 0 Å². The highest BCUT2D eigenvalue weighted by Gasteiger charge is 2.44. The van der Waals surface area contributed by atoms with Crippen LogP contribution >= 0.6 is 11.8 Å². The van der Waals surface area contributed by atoms with Gasteiger partial charge < -0.3 is 15.0 Å². The Hall–Kier alpha value is -0.590. The summed E-state index contributed by atoms with van der Waals surface area (Å²) in [5.74, 6) is 2.64. The van der Waals surface area contributed by atoms with Crippen LogP contribution in [0.3, 0.4) is 0 Å². The molecule has 2 N–H and O–H groups in total. The van der Waals surface area contributed by atoms with E-state index in [2.05, 4.69) is 10.1 Å². The second-order valence-corrected chi connectivity index (χ2v) is 6.31. The smallest absolute Gasteiger partial charge is 0.236 e. The van der Waals surface area contributed by atoms with Crippen LogP contribution in [0.25, 0.3) is 0 Å². The van der Waals surface area contributed by atoms with Gasteiger partial charge in [-0.3, -0.25) is 0 Å². The first-order chi connectivity index (χ1) is 8.20. The molecule has 3 atom stereocenters. The van der Waals surface area contributed by atoms with Crippen molar-refractivity contribution in [2.24, 2.45) is 5.73 Å². The van der Waals surface area contributed by atoms with E-state index in [1.165, 1.54) is 12.2 Å². The van der Waals surface area contributed by atoms with Crippen molar-refractivity contribution in [1.29, 1.82) is 0 Å². The third-order valence-electron chi connectivity index (χ3n) is 3.67. The van der Waals surface area contributed by atoms with Gasteiger partial charge in [0.05, 0.1) is 23.9 Å². The van der Waals surface area contributed by atoms with E-state index < -0.39 is 0 Å². The normalized spacial score (nSPS) is 37.8. The molecule has 3 rings (SSSR count). The Kier molecular flexibility index (Phi) is 2.88. The molecule has 0 bridgehead atoms. The van der Waals surface area contributed by atoms with Crippen molar-refractivity contribution >= 4 is 11.8 Å². The third kappa shape index (κ3) is 1.88. The maximum Gasteiger partial charge on any atom is 0.236 e. The first-order valence-electron chi connectivity index (χ1n) is 5.99. The van der Waals surface area contributed by atoms with E-state index in [1.54, 1.807) is 0 Å². The second kappa shape index (κ2) is 4.26. The van der Waals surface area contributed by atoms with Gasteiger partial charge in [0.1, 0.15) is 0 Å². The number of rotatable bonds is 2. The monoisotopic (exact) mass is 255 g/mol. The molecule has 2 aliphatic heterocycles. The molecule has 0 radical (unpaired) electrons. The van der Waals surface area contributed by atoms with Crippen LogP contribution in [-0.2, 0) is 10.2 Å². The Morgan fingerprint density at radius 3 is 3.06 bits per heavy atom. The molecule has 3 heterocycles. The molecule has 0 saturated carbocycles. The van der Waals surface area contributed by atoms with Gasteiger partial charge in [0, 0.05) is 6.04 Å². The molecule has 2 aliphatic rings. The highest BCUT2D eigenvalue weighted by Crippen LogP contribution is 2.39. The Morgan fingerprint density at radius 2 is 2.41 bits per heavy atom. The molecule has 1 aromatic heterocycles. The number of ether oxygens (including phenoxy) is 1. The summed E-state index contributed by atoms with van der Waals surface area (Å²) in [6.07, 6.45) is 2.38. The lowest BCUT2D eigenvalue weighted by molar-refractivity contribution is 0.169. The molecule has 0 spiro atoms. The number of hydrogen-bond acceptors (Lipinski definition) is 6. The molecule has 5 nitrogen and oxygen atoms in total. The minimum absolute atomic E-state index is 0.0629. The molecule has 3 unspecified atom stereocenters. The summed E-state index contributed by atoms with van der Waals surface area (Å²) in [5.41, 5.74) is 5.73. The minimum atomic E-state index is -0.325. The van der Waals surface area contributed by atoms with Gasteiger partial charge in [-0.2, -0.15) is 16.7 Å². The van der Waals surface area contributed by atoms with E-state index in [-0.39, 0.29) is 11.5 Å². The number of thioether (sulfide) groups is 1. The Morgan fingerprint density at radius 1 is 1.53 bits per heavy atom. The fourth-order valence-electron chi connectivity index (χ4n) is 2.29. The van der Waals surface area contributed by atoms with Gasteiger partial charge in [0.15, 0.2) is 5.82 Å². The van der Waals surface area contributed by atoms with Gasteiger partial charge >= 0.3 is 0 Å². The molecule has 2 saturated heterocycles. The van der Waals surface area contributed by atoms with Gasteiger partial charge in [-0.25, -0.2) is 0 Å². The van der Waals surface area contributed by atoms with Gasteiger partial charge in [-0.15, -0.1) is 0 Å². The van der Waals surface area contributed by atoms with Crippen LogP contribution in [-0.4, -0.2) is 35.1 Å². The average molecular weight is 255 g/mol. The van der Waals surface area contributed by atoms with E-state index in [1.807, 2.05) is 18.7 Å². The summed E-state index contributed by atoms with van der Waals surface area (Å²) in [7, 11) is 0.